The van der Waals surface area contributed by atoms with E-state index in [1.807, 2.05) is 4.90 Å². The molecule has 12 heteroatoms. The summed E-state index contributed by atoms with van der Waals surface area (Å²) in [6.45, 7) is 3.06. The molecule has 1 aromatic carbocycles. The molecule has 1 atom stereocenters. The van der Waals surface area contributed by atoms with Gasteiger partial charge in [-0.15, -0.1) is 0 Å². The molecule has 2 N–H and O–H groups in total. The molecule has 2 amide bonds. The zero-order chi connectivity index (χ0) is 24.9. The number of nitrogens with zero attached hydrogens (tertiary/aromatic N) is 4. The van der Waals surface area contributed by atoms with Gasteiger partial charge in [0.25, 0.3) is 5.56 Å². The highest BCUT2D eigenvalue weighted by Crippen LogP contribution is 2.29. The molecule has 2 aromatic heterocycles. The molecule has 1 saturated heterocycles. The Balaban J connectivity index is 1.45. The van der Waals surface area contributed by atoms with Gasteiger partial charge in [-0.05, 0) is 44.0 Å². The number of fused-ring (bicyclic) bond motifs is 1. The van der Waals surface area contributed by atoms with Gasteiger partial charge in [0.1, 0.15) is 17.6 Å². The summed E-state index contributed by atoms with van der Waals surface area (Å²) in [6.07, 6.45) is 2.97. The maximum absolute atomic E-state index is 13.0. The molecule has 35 heavy (non-hydrogen) atoms. The standard InChI is InChI=1S/C23H26N6O5S/c1-3-34-22(33)14-6-8-16(9-7-14)26-17(30)12-29-13-25-19-18(21(29)32)35-23(27-19)28-10-4-5-15(11-28)20(31)24-2/h6-9,13,15H,3-5,10-12H2,1-2H3,(H,24,31)(H,26,30)/t15-/m1/s1. The maximum atomic E-state index is 13.0. The Labute approximate surface area is 205 Å². The predicted molar refractivity (Wildman–Crippen MR) is 132 cm³/mol. The number of carbonyl (C=O) groups is 3. The number of ether oxygens (including phenoxy) is 1. The first-order valence-electron chi connectivity index (χ1n) is 11.3. The van der Waals surface area contributed by atoms with Crippen molar-refractivity contribution in [1.29, 1.82) is 0 Å². The quantitative estimate of drug-likeness (QED) is 0.469. The first kappa shape index (κ1) is 24.3. The number of aromatic nitrogens is 3. The summed E-state index contributed by atoms with van der Waals surface area (Å²) in [5, 5.41) is 6.04. The Bertz CT molecular complexity index is 1300. The van der Waals surface area contributed by atoms with Crippen LogP contribution in [-0.4, -0.2) is 59.1 Å². The molecule has 1 aliphatic rings. The average Bonchev–Trinajstić information content (AvgIpc) is 3.31. The number of esters is 1. The van der Waals surface area contributed by atoms with Crippen LogP contribution in [0, 0.1) is 5.92 Å². The van der Waals surface area contributed by atoms with Crippen LogP contribution in [0.4, 0.5) is 10.8 Å². The van der Waals surface area contributed by atoms with Crippen LogP contribution in [0.25, 0.3) is 10.3 Å². The van der Waals surface area contributed by atoms with Gasteiger partial charge in [-0.25, -0.2) is 9.78 Å². The summed E-state index contributed by atoms with van der Waals surface area (Å²) >= 11 is 1.22. The topological polar surface area (TPSA) is 136 Å². The highest BCUT2D eigenvalue weighted by atomic mass is 32.1. The number of carbonyl (C=O) groups excluding carboxylic acids is 3. The van der Waals surface area contributed by atoms with Gasteiger partial charge in [0.05, 0.1) is 18.1 Å². The molecule has 0 radical (unpaired) electrons. The van der Waals surface area contributed by atoms with Crippen molar-refractivity contribution in [3.05, 3.63) is 46.5 Å². The number of nitrogens with one attached hydrogen (secondary N) is 2. The fourth-order valence-corrected chi connectivity index (χ4v) is 4.92. The summed E-state index contributed by atoms with van der Waals surface area (Å²) in [6, 6.07) is 6.30. The third-order valence-electron chi connectivity index (χ3n) is 5.68. The van der Waals surface area contributed by atoms with Crippen LogP contribution in [-0.2, 0) is 20.9 Å². The number of piperidine rings is 1. The number of benzene rings is 1. The van der Waals surface area contributed by atoms with Crippen LogP contribution in [0.15, 0.2) is 35.4 Å². The monoisotopic (exact) mass is 498 g/mol. The maximum Gasteiger partial charge on any atom is 0.338 e. The fourth-order valence-electron chi connectivity index (χ4n) is 3.91. The Kier molecular flexibility index (Phi) is 7.39. The van der Waals surface area contributed by atoms with Crippen LogP contribution >= 0.6 is 11.3 Å². The summed E-state index contributed by atoms with van der Waals surface area (Å²) in [5.74, 6) is -0.974. The second kappa shape index (κ2) is 10.6. The smallest absolute Gasteiger partial charge is 0.338 e. The lowest BCUT2D eigenvalue weighted by molar-refractivity contribution is -0.124. The molecule has 0 unspecified atom stereocenters. The second-order valence-electron chi connectivity index (χ2n) is 8.07. The molecular weight excluding hydrogens is 472 g/mol. The zero-order valence-electron chi connectivity index (χ0n) is 19.4. The van der Waals surface area contributed by atoms with E-state index in [0.717, 1.165) is 19.4 Å². The van der Waals surface area contributed by atoms with E-state index in [1.54, 1.807) is 38.2 Å². The van der Waals surface area contributed by atoms with Gasteiger partial charge in [-0.3, -0.25) is 19.0 Å². The summed E-state index contributed by atoms with van der Waals surface area (Å²) in [5.41, 5.74) is 0.836. The van der Waals surface area contributed by atoms with E-state index in [-0.39, 0.29) is 30.5 Å². The van der Waals surface area contributed by atoms with Gasteiger partial charge in [-0.2, -0.15) is 4.98 Å². The Morgan fingerprint density at radius 1 is 1.23 bits per heavy atom. The highest BCUT2D eigenvalue weighted by Gasteiger charge is 2.27. The summed E-state index contributed by atoms with van der Waals surface area (Å²) in [4.78, 5) is 60.1. The average molecular weight is 499 g/mol. The first-order chi connectivity index (χ1) is 16.9. The van der Waals surface area contributed by atoms with Crippen molar-refractivity contribution in [3.8, 4) is 0 Å². The van der Waals surface area contributed by atoms with E-state index >= 15 is 0 Å². The van der Waals surface area contributed by atoms with E-state index in [2.05, 4.69) is 20.6 Å². The summed E-state index contributed by atoms with van der Waals surface area (Å²) < 4.78 is 6.53. The number of hydrogen-bond donors (Lipinski definition) is 2. The van der Waals surface area contributed by atoms with Gasteiger partial charge in [0.15, 0.2) is 10.8 Å². The molecule has 0 aliphatic carbocycles. The van der Waals surface area contributed by atoms with Crippen molar-refractivity contribution in [2.24, 2.45) is 5.92 Å². The van der Waals surface area contributed by atoms with Crippen LogP contribution in [0.1, 0.15) is 30.1 Å². The Morgan fingerprint density at radius 3 is 2.71 bits per heavy atom. The minimum atomic E-state index is -0.436. The van der Waals surface area contributed by atoms with Crippen molar-refractivity contribution in [1.82, 2.24) is 19.9 Å². The Morgan fingerprint density at radius 2 is 2.00 bits per heavy atom. The molecule has 3 aromatic rings. The zero-order valence-corrected chi connectivity index (χ0v) is 20.3. The van der Waals surface area contributed by atoms with E-state index in [0.29, 0.717) is 33.3 Å². The molecule has 11 nitrogen and oxygen atoms in total. The molecule has 3 heterocycles. The van der Waals surface area contributed by atoms with Gasteiger partial charge in [0.2, 0.25) is 11.8 Å². The van der Waals surface area contributed by atoms with Crippen LogP contribution in [0.5, 0.6) is 0 Å². The van der Waals surface area contributed by atoms with Crippen LogP contribution in [0.2, 0.25) is 0 Å². The van der Waals surface area contributed by atoms with E-state index < -0.39 is 11.9 Å². The number of hydrogen-bond acceptors (Lipinski definition) is 9. The molecule has 0 saturated carbocycles. The van der Waals surface area contributed by atoms with Crippen LogP contribution in [0.3, 0.4) is 0 Å². The fraction of sp³-hybridized carbons (Fsp3) is 0.391. The summed E-state index contributed by atoms with van der Waals surface area (Å²) in [7, 11) is 1.63. The van der Waals surface area contributed by atoms with Crippen molar-refractivity contribution in [3.63, 3.8) is 0 Å². The number of rotatable bonds is 7. The number of anilines is 2. The third kappa shape index (κ3) is 5.48. The van der Waals surface area contributed by atoms with Gasteiger partial charge in [0, 0.05) is 25.8 Å². The lowest BCUT2D eigenvalue weighted by Crippen LogP contribution is -2.42. The molecule has 1 fully saturated rings. The normalized spacial score (nSPS) is 15.6. The highest BCUT2D eigenvalue weighted by molar-refractivity contribution is 7.22. The van der Waals surface area contributed by atoms with E-state index in [9.17, 15) is 19.2 Å². The van der Waals surface area contributed by atoms with Gasteiger partial charge < -0.3 is 20.3 Å². The largest absolute Gasteiger partial charge is 0.462 e. The first-order valence-corrected chi connectivity index (χ1v) is 12.1. The lowest BCUT2D eigenvalue weighted by Gasteiger charge is -2.31. The van der Waals surface area contributed by atoms with Gasteiger partial charge >= 0.3 is 5.97 Å². The SMILES string of the molecule is CCOC(=O)c1ccc(NC(=O)Cn2cnc3nc(N4CCC[C@@H](C(=O)NC)C4)sc3c2=O)cc1. The van der Waals surface area contributed by atoms with Crippen molar-refractivity contribution in [2.45, 2.75) is 26.3 Å². The third-order valence-corrected chi connectivity index (χ3v) is 6.77. The molecule has 184 valence electrons. The van der Waals surface area contributed by atoms with Crippen molar-refractivity contribution in [2.75, 3.05) is 37.0 Å². The van der Waals surface area contributed by atoms with Crippen LogP contribution < -0.4 is 21.1 Å². The van der Waals surface area contributed by atoms with E-state index in [4.69, 9.17) is 4.74 Å². The van der Waals surface area contributed by atoms with E-state index in [1.165, 1.54) is 22.2 Å². The van der Waals surface area contributed by atoms with Crippen molar-refractivity contribution < 1.29 is 19.1 Å². The number of thiazole rings is 1. The minimum absolute atomic E-state index is 0.00200. The molecular formula is C23H26N6O5S. The van der Waals surface area contributed by atoms with Crippen molar-refractivity contribution >= 4 is 50.3 Å². The molecule has 1 aliphatic heterocycles. The molecule has 4 rings (SSSR count). The molecule has 0 spiro atoms. The predicted octanol–water partition coefficient (Wildman–Crippen LogP) is 1.63. The lowest BCUT2D eigenvalue weighted by atomic mass is 9.98. The Hall–Kier alpha value is -3.80. The second-order valence-corrected chi connectivity index (χ2v) is 9.05. The van der Waals surface area contributed by atoms with Gasteiger partial charge in [-0.1, -0.05) is 11.3 Å². The minimum Gasteiger partial charge on any atom is -0.462 e. The molecule has 0 bridgehead atoms. The number of amides is 2.